The maximum Gasteiger partial charge on any atom is 0.191 e. The number of aliphatic hydroxyl groups is 2. The summed E-state index contributed by atoms with van der Waals surface area (Å²) in [7, 11) is 0. The van der Waals surface area contributed by atoms with Crippen molar-refractivity contribution in [1.29, 1.82) is 0 Å². The molecule has 0 saturated heterocycles. The molecular formula is C20H25N3O3S. The van der Waals surface area contributed by atoms with Gasteiger partial charge in [0.25, 0.3) is 0 Å². The molecule has 0 bridgehead atoms. The van der Waals surface area contributed by atoms with E-state index in [0.29, 0.717) is 24.8 Å². The summed E-state index contributed by atoms with van der Waals surface area (Å²) >= 11 is 1.58. The van der Waals surface area contributed by atoms with E-state index < -0.39 is 11.7 Å². The van der Waals surface area contributed by atoms with E-state index in [1.165, 1.54) is 6.26 Å². The van der Waals surface area contributed by atoms with Crippen molar-refractivity contribution < 1.29 is 14.6 Å². The lowest BCUT2D eigenvalue weighted by Crippen LogP contribution is -2.40. The van der Waals surface area contributed by atoms with Gasteiger partial charge >= 0.3 is 0 Å². The second-order valence-corrected chi connectivity index (χ2v) is 7.64. The molecule has 0 spiro atoms. The summed E-state index contributed by atoms with van der Waals surface area (Å²) < 4.78 is 6.43. The Morgan fingerprint density at radius 3 is 2.78 bits per heavy atom. The molecule has 144 valence electrons. The third-order valence-electron chi connectivity index (χ3n) is 4.18. The molecule has 0 saturated carbocycles. The molecule has 1 aromatic carbocycles. The Bertz CT molecular complexity index is 854. The highest BCUT2D eigenvalue weighted by Crippen LogP contribution is 2.29. The summed E-state index contributed by atoms with van der Waals surface area (Å²) in [6.07, 6.45) is 0.884. The van der Waals surface area contributed by atoms with Gasteiger partial charge in [-0.3, -0.25) is 0 Å². The summed E-state index contributed by atoms with van der Waals surface area (Å²) in [5.41, 5.74) is -1.20. The van der Waals surface area contributed by atoms with Gasteiger partial charge in [0, 0.05) is 22.7 Å². The van der Waals surface area contributed by atoms with Gasteiger partial charge in [0.05, 0.1) is 12.8 Å². The lowest BCUT2D eigenvalue weighted by molar-refractivity contribution is 0.0437. The zero-order valence-corrected chi connectivity index (χ0v) is 16.3. The van der Waals surface area contributed by atoms with Crippen LogP contribution in [0.15, 0.2) is 58.1 Å². The molecular weight excluding hydrogens is 362 g/mol. The number of aliphatic imine (C=N–C) groups is 1. The van der Waals surface area contributed by atoms with E-state index in [0.717, 1.165) is 15.0 Å². The fourth-order valence-corrected chi connectivity index (χ4v) is 3.75. The van der Waals surface area contributed by atoms with Crippen molar-refractivity contribution in [3.63, 3.8) is 0 Å². The van der Waals surface area contributed by atoms with Gasteiger partial charge in [-0.1, -0.05) is 18.2 Å². The molecule has 0 aliphatic rings. The number of nitrogens with one attached hydrogen (secondary N) is 2. The standard InChI is InChI=1S/C20H25N3O3S/c1-3-21-19(23-13-20(2,25)18-9-6-10-26-18)22-12-15(24)17-11-14-7-4-5-8-16(14)27-17/h4-11,15,24-25H,3,12-13H2,1-2H3,(H2,21,22,23). The smallest absolute Gasteiger partial charge is 0.191 e. The summed E-state index contributed by atoms with van der Waals surface area (Å²) in [5, 5.41) is 28.4. The number of benzene rings is 1. The van der Waals surface area contributed by atoms with Crippen molar-refractivity contribution in [3.05, 3.63) is 59.4 Å². The van der Waals surface area contributed by atoms with Crippen LogP contribution in [0.1, 0.15) is 30.6 Å². The van der Waals surface area contributed by atoms with Gasteiger partial charge in [0.1, 0.15) is 17.5 Å². The molecule has 2 aromatic heterocycles. The number of nitrogens with zero attached hydrogens (tertiary/aromatic N) is 1. The van der Waals surface area contributed by atoms with E-state index in [-0.39, 0.29) is 6.54 Å². The second-order valence-electron chi connectivity index (χ2n) is 6.53. The molecule has 2 unspecified atom stereocenters. The average molecular weight is 388 g/mol. The average Bonchev–Trinajstić information content (AvgIpc) is 3.33. The number of fused-ring (bicyclic) bond motifs is 1. The Hall–Kier alpha value is -2.35. The van der Waals surface area contributed by atoms with E-state index in [4.69, 9.17) is 4.42 Å². The molecule has 4 N–H and O–H groups in total. The molecule has 0 amide bonds. The lowest BCUT2D eigenvalue weighted by atomic mass is 10.0. The van der Waals surface area contributed by atoms with Crippen LogP contribution in [0.5, 0.6) is 0 Å². The first kappa shape index (κ1) is 19.4. The molecule has 0 aliphatic heterocycles. The van der Waals surface area contributed by atoms with E-state index >= 15 is 0 Å². The quantitative estimate of drug-likeness (QED) is 0.370. The molecule has 0 aliphatic carbocycles. The van der Waals surface area contributed by atoms with Crippen LogP contribution < -0.4 is 10.6 Å². The number of thiophene rings is 1. The highest BCUT2D eigenvalue weighted by Gasteiger charge is 2.26. The van der Waals surface area contributed by atoms with Gasteiger partial charge in [-0.2, -0.15) is 0 Å². The minimum atomic E-state index is -1.20. The van der Waals surface area contributed by atoms with Crippen molar-refractivity contribution >= 4 is 27.4 Å². The minimum absolute atomic E-state index is 0.134. The van der Waals surface area contributed by atoms with Gasteiger partial charge in [-0.25, -0.2) is 4.99 Å². The molecule has 0 fully saturated rings. The minimum Gasteiger partial charge on any atom is -0.466 e. The molecule has 2 atom stereocenters. The number of hydrogen-bond donors (Lipinski definition) is 4. The number of aliphatic hydroxyl groups excluding tert-OH is 1. The second kappa shape index (κ2) is 8.56. The van der Waals surface area contributed by atoms with E-state index in [1.54, 1.807) is 30.4 Å². The Kier molecular flexibility index (Phi) is 6.15. The van der Waals surface area contributed by atoms with Crippen LogP contribution in [0.25, 0.3) is 10.1 Å². The molecule has 6 nitrogen and oxygen atoms in total. The monoisotopic (exact) mass is 387 g/mol. The first-order valence-electron chi connectivity index (χ1n) is 8.94. The fourth-order valence-electron chi connectivity index (χ4n) is 2.70. The van der Waals surface area contributed by atoms with E-state index in [2.05, 4.69) is 15.6 Å². The zero-order chi connectivity index (χ0) is 19.3. The van der Waals surface area contributed by atoms with E-state index in [9.17, 15) is 10.2 Å². The summed E-state index contributed by atoms with van der Waals surface area (Å²) in [6, 6.07) is 13.5. The summed E-state index contributed by atoms with van der Waals surface area (Å²) in [6.45, 7) is 4.75. The third-order valence-corrected chi connectivity index (χ3v) is 5.39. The highest BCUT2D eigenvalue weighted by atomic mass is 32.1. The molecule has 0 radical (unpaired) electrons. The van der Waals surface area contributed by atoms with Crippen LogP contribution in [-0.4, -0.2) is 35.8 Å². The zero-order valence-electron chi connectivity index (χ0n) is 15.5. The Morgan fingerprint density at radius 1 is 1.26 bits per heavy atom. The number of rotatable bonds is 7. The van der Waals surface area contributed by atoms with Crippen LogP contribution >= 0.6 is 11.3 Å². The molecule has 2 heterocycles. The van der Waals surface area contributed by atoms with Crippen molar-refractivity contribution in [2.24, 2.45) is 4.99 Å². The van der Waals surface area contributed by atoms with Gasteiger partial charge < -0.3 is 25.3 Å². The Morgan fingerprint density at radius 2 is 2.07 bits per heavy atom. The maximum absolute atomic E-state index is 10.5. The SMILES string of the molecule is CCNC(=NCC(C)(O)c1ccco1)NCC(O)c1cc2ccccc2s1. The fraction of sp³-hybridized carbons (Fsp3) is 0.350. The van der Waals surface area contributed by atoms with Crippen LogP contribution in [0.2, 0.25) is 0 Å². The largest absolute Gasteiger partial charge is 0.466 e. The summed E-state index contributed by atoms with van der Waals surface area (Å²) in [4.78, 5) is 5.33. The van der Waals surface area contributed by atoms with Gasteiger partial charge in [-0.15, -0.1) is 11.3 Å². The van der Waals surface area contributed by atoms with E-state index in [1.807, 2.05) is 37.3 Å². The lowest BCUT2D eigenvalue weighted by Gasteiger charge is -2.20. The first-order chi connectivity index (χ1) is 13.0. The van der Waals surface area contributed by atoms with Crippen LogP contribution in [-0.2, 0) is 5.60 Å². The van der Waals surface area contributed by atoms with Crippen molar-refractivity contribution in [1.82, 2.24) is 10.6 Å². The van der Waals surface area contributed by atoms with Crippen LogP contribution in [0.4, 0.5) is 0 Å². The van der Waals surface area contributed by atoms with Crippen molar-refractivity contribution in [3.8, 4) is 0 Å². The molecule has 3 aromatic rings. The van der Waals surface area contributed by atoms with Crippen molar-refractivity contribution in [2.45, 2.75) is 25.6 Å². The predicted molar refractivity (Wildman–Crippen MR) is 109 cm³/mol. The molecule has 7 heteroatoms. The highest BCUT2D eigenvalue weighted by molar-refractivity contribution is 7.19. The number of guanidine groups is 1. The van der Waals surface area contributed by atoms with Gasteiger partial charge in [-0.05, 0) is 43.5 Å². The normalized spacial score (nSPS) is 15.5. The Balaban J connectivity index is 1.63. The summed E-state index contributed by atoms with van der Waals surface area (Å²) in [5.74, 6) is 0.997. The predicted octanol–water partition coefficient (Wildman–Crippen LogP) is 2.99. The molecule has 27 heavy (non-hydrogen) atoms. The van der Waals surface area contributed by atoms with Gasteiger partial charge in [0.15, 0.2) is 5.96 Å². The molecule has 3 rings (SSSR count). The number of furan rings is 1. The van der Waals surface area contributed by atoms with Crippen LogP contribution in [0, 0.1) is 0 Å². The third kappa shape index (κ3) is 4.88. The van der Waals surface area contributed by atoms with Crippen molar-refractivity contribution in [2.75, 3.05) is 19.6 Å². The van der Waals surface area contributed by atoms with Gasteiger partial charge in [0.2, 0.25) is 0 Å². The topological polar surface area (TPSA) is 90.0 Å². The van der Waals surface area contributed by atoms with Crippen LogP contribution in [0.3, 0.4) is 0 Å². The first-order valence-corrected chi connectivity index (χ1v) is 9.76. The maximum atomic E-state index is 10.5. The number of hydrogen-bond acceptors (Lipinski definition) is 5. The Labute approximate surface area is 162 Å².